The maximum Gasteiger partial charge on any atom is 0.234 e. The third-order valence-corrected chi connectivity index (χ3v) is 5.74. The van der Waals surface area contributed by atoms with Gasteiger partial charge in [-0.2, -0.15) is 0 Å². The second kappa shape index (κ2) is 8.31. The van der Waals surface area contributed by atoms with E-state index in [0.29, 0.717) is 5.75 Å². The molecule has 0 saturated carbocycles. The third-order valence-electron chi connectivity index (χ3n) is 3.84. The molecule has 0 fully saturated rings. The quantitative estimate of drug-likeness (QED) is 0.642. The van der Waals surface area contributed by atoms with E-state index in [1.165, 1.54) is 16.6 Å². The number of nitrogens with zero attached hydrogens (tertiary/aromatic N) is 3. The van der Waals surface area contributed by atoms with Gasteiger partial charge in [0.1, 0.15) is 5.82 Å². The molecule has 3 aromatic rings. The number of aromatic nitrogens is 3. The van der Waals surface area contributed by atoms with Crippen molar-refractivity contribution < 1.29 is 4.79 Å². The highest BCUT2D eigenvalue weighted by Gasteiger charge is 2.13. The Bertz CT molecular complexity index is 843. The molecule has 0 bridgehead atoms. The van der Waals surface area contributed by atoms with Crippen molar-refractivity contribution >= 4 is 34.7 Å². The number of rotatable bonds is 7. The largest absolute Gasteiger partial charge is 0.325 e. The number of anilines is 1. The van der Waals surface area contributed by atoms with E-state index in [1.807, 2.05) is 41.9 Å². The Morgan fingerprint density at radius 1 is 1.24 bits per heavy atom. The maximum atomic E-state index is 12.2. The summed E-state index contributed by atoms with van der Waals surface area (Å²) in [6.07, 6.45) is 1.65. The lowest BCUT2D eigenvalue weighted by molar-refractivity contribution is -0.113. The highest BCUT2D eigenvalue weighted by Crippen LogP contribution is 2.20. The lowest BCUT2D eigenvalue weighted by Gasteiger charge is -2.09. The molecule has 130 valence electrons. The number of amides is 1. The fourth-order valence-corrected chi connectivity index (χ4v) is 3.89. The summed E-state index contributed by atoms with van der Waals surface area (Å²) in [5, 5.41) is 14.2. The molecule has 25 heavy (non-hydrogen) atoms. The van der Waals surface area contributed by atoms with Gasteiger partial charge in [-0.25, -0.2) is 0 Å². The monoisotopic (exact) mass is 372 g/mol. The van der Waals surface area contributed by atoms with Gasteiger partial charge in [-0.15, -0.1) is 21.5 Å². The first kappa shape index (κ1) is 17.7. The average molecular weight is 373 g/mol. The number of carbonyl (C=O) groups excluding carboxylic acids is 1. The van der Waals surface area contributed by atoms with E-state index in [0.717, 1.165) is 35.1 Å². The van der Waals surface area contributed by atoms with E-state index in [4.69, 9.17) is 0 Å². The van der Waals surface area contributed by atoms with Crippen molar-refractivity contribution in [2.45, 2.75) is 24.9 Å². The van der Waals surface area contributed by atoms with Gasteiger partial charge in [-0.05, 0) is 29.5 Å². The van der Waals surface area contributed by atoms with Gasteiger partial charge < -0.3 is 9.88 Å². The Morgan fingerprint density at radius 2 is 2.08 bits per heavy atom. The molecule has 2 aromatic heterocycles. The summed E-state index contributed by atoms with van der Waals surface area (Å²) in [6, 6.07) is 12.0. The van der Waals surface area contributed by atoms with Crippen molar-refractivity contribution in [3.8, 4) is 0 Å². The molecule has 0 aliphatic heterocycles. The number of aryl methyl sites for hydroxylation is 1. The number of nitrogens with one attached hydrogen (secondary N) is 1. The molecule has 0 atom stereocenters. The molecule has 1 amide bonds. The molecule has 0 saturated heterocycles. The number of hydrogen-bond acceptors (Lipinski definition) is 5. The zero-order valence-corrected chi connectivity index (χ0v) is 15.9. The van der Waals surface area contributed by atoms with Crippen LogP contribution in [0.25, 0.3) is 0 Å². The maximum absolute atomic E-state index is 12.2. The van der Waals surface area contributed by atoms with E-state index in [1.54, 1.807) is 11.3 Å². The molecule has 0 spiro atoms. The topological polar surface area (TPSA) is 59.8 Å². The number of benzene rings is 1. The van der Waals surface area contributed by atoms with Gasteiger partial charge in [0.05, 0.1) is 5.75 Å². The number of thiophene rings is 1. The number of carbonyl (C=O) groups is 1. The Kier molecular flexibility index (Phi) is 5.88. The zero-order chi connectivity index (χ0) is 17.6. The van der Waals surface area contributed by atoms with Crippen molar-refractivity contribution in [2.75, 3.05) is 11.1 Å². The lowest BCUT2D eigenvalue weighted by atomic mass is 10.1. The molecule has 0 aliphatic carbocycles. The van der Waals surface area contributed by atoms with Crippen LogP contribution >= 0.6 is 23.1 Å². The fourth-order valence-electron chi connectivity index (χ4n) is 2.46. The number of thioether (sulfide) groups is 1. The van der Waals surface area contributed by atoms with Crippen LogP contribution < -0.4 is 5.32 Å². The van der Waals surface area contributed by atoms with Gasteiger partial charge >= 0.3 is 0 Å². The summed E-state index contributed by atoms with van der Waals surface area (Å²) in [7, 11) is 1.94. The molecule has 0 radical (unpaired) electrons. The van der Waals surface area contributed by atoms with E-state index >= 15 is 0 Å². The van der Waals surface area contributed by atoms with E-state index in [-0.39, 0.29) is 5.91 Å². The highest BCUT2D eigenvalue weighted by molar-refractivity contribution is 7.99. The van der Waals surface area contributed by atoms with Crippen molar-refractivity contribution in [3.05, 3.63) is 58.0 Å². The smallest absolute Gasteiger partial charge is 0.234 e. The van der Waals surface area contributed by atoms with Crippen LogP contribution in [-0.2, 0) is 24.7 Å². The molecule has 7 heteroatoms. The summed E-state index contributed by atoms with van der Waals surface area (Å²) in [5.74, 6) is 1.18. The first-order chi connectivity index (χ1) is 12.2. The predicted molar refractivity (Wildman–Crippen MR) is 103 cm³/mol. The van der Waals surface area contributed by atoms with Crippen LogP contribution in [0.2, 0.25) is 0 Å². The van der Waals surface area contributed by atoms with Gasteiger partial charge in [-0.3, -0.25) is 4.79 Å². The van der Waals surface area contributed by atoms with Crippen molar-refractivity contribution in [1.29, 1.82) is 0 Å². The Balaban J connectivity index is 1.58. The molecule has 1 aromatic carbocycles. The van der Waals surface area contributed by atoms with Crippen LogP contribution in [-0.4, -0.2) is 26.4 Å². The van der Waals surface area contributed by atoms with Crippen LogP contribution in [0.4, 0.5) is 5.69 Å². The molecular formula is C18H20N4OS2. The molecule has 0 aliphatic rings. The van der Waals surface area contributed by atoms with Gasteiger partial charge in [0, 0.05) is 24.0 Å². The van der Waals surface area contributed by atoms with Crippen molar-refractivity contribution in [1.82, 2.24) is 14.8 Å². The lowest BCUT2D eigenvalue weighted by Crippen LogP contribution is -2.15. The van der Waals surface area contributed by atoms with Gasteiger partial charge in [0.25, 0.3) is 0 Å². The fraction of sp³-hybridized carbons (Fsp3) is 0.278. The van der Waals surface area contributed by atoms with Crippen LogP contribution in [0.3, 0.4) is 0 Å². The van der Waals surface area contributed by atoms with Crippen molar-refractivity contribution in [3.63, 3.8) is 0 Å². The van der Waals surface area contributed by atoms with Gasteiger partial charge in [0.2, 0.25) is 5.91 Å². The Labute approximate surface area is 155 Å². The van der Waals surface area contributed by atoms with E-state index in [9.17, 15) is 4.79 Å². The predicted octanol–water partition coefficient (Wildman–Crippen LogP) is 3.76. The summed E-state index contributed by atoms with van der Waals surface area (Å²) in [4.78, 5) is 13.5. The standard InChI is InChI=1S/C18H20N4OS2/c1-3-13-7-4-5-9-15(13)19-17(23)12-25-18-21-20-16(22(18)2)11-14-8-6-10-24-14/h4-10H,3,11-12H2,1-2H3,(H,19,23). The van der Waals surface area contributed by atoms with E-state index < -0.39 is 0 Å². The van der Waals surface area contributed by atoms with E-state index in [2.05, 4.69) is 33.9 Å². The third kappa shape index (κ3) is 4.49. The van der Waals surface area contributed by atoms with Gasteiger partial charge in [-0.1, -0.05) is 43.0 Å². The van der Waals surface area contributed by atoms with Crippen molar-refractivity contribution in [2.24, 2.45) is 7.05 Å². The minimum atomic E-state index is -0.0336. The number of hydrogen-bond donors (Lipinski definition) is 1. The molecule has 2 heterocycles. The van der Waals surface area contributed by atoms with Crippen LogP contribution in [0.5, 0.6) is 0 Å². The van der Waals surface area contributed by atoms with Crippen LogP contribution in [0.15, 0.2) is 46.9 Å². The molecule has 5 nitrogen and oxygen atoms in total. The molecule has 0 unspecified atom stereocenters. The van der Waals surface area contributed by atoms with Gasteiger partial charge in [0.15, 0.2) is 5.16 Å². The minimum Gasteiger partial charge on any atom is -0.325 e. The number of para-hydroxylation sites is 1. The molecular weight excluding hydrogens is 352 g/mol. The first-order valence-corrected chi connectivity index (χ1v) is 9.95. The molecule has 3 rings (SSSR count). The highest BCUT2D eigenvalue weighted by atomic mass is 32.2. The second-order valence-corrected chi connectivity index (χ2v) is 7.54. The minimum absolute atomic E-state index is 0.0336. The van der Waals surface area contributed by atoms with Crippen LogP contribution in [0, 0.1) is 0 Å². The Hall–Kier alpha value is -2.12. The van der Waals surface area contributed by atoms with Crippen LogP contribution in [0.1, 0.15) is 23.2 Å². The summed E-state index contributed by atoms with van der Waals surface area (Å²) in [6.45, 7) is 2.08. The summed E-state index contributed by atoms with van der Waals surface area (Å²) >= 11 is 3.11. The zero-order valence-electron chi connectivity index (χ0n) is 14.2. The molecule has 1 N–H and O–H groups in total. The summed E-state index contributed by atoms with van der Waals surface area (Å²) < 4.78 is 1.96. The first-order valence-electron chi connectivity index (χ1n) is 8.08. The second-order valence-electron chi connectivity index (χ2n) is 5.56. The summed E-state index contributed by atoms with van der Waals surface area (Å²) in [5.41, 5.74) is 2.02. The normalized spacial score (nSPS) is 10.8. The average Bonchev–Trinajstić information content (AvgIpc) is 3.25. The SMILES string of the molecule is CCc1ccccc1NC(=O)CSc1nnc(Cc2cccs2)n1C. The Morgan fingerprint density at radius 3 is 2.84 bits per heavy atom.